The molecule has 0 amide bonds. The second-order valence-electron chi connectivity index (χ2n) is 5.57. The smallest absolute Gasteiger partial charge is 0.0395 e. The molecular formula is C18H32N2. The molecule has 2 heteroatoms. The van der Waals surface area contributed by atoms with Crippen LogP contribution in [0.15, 0.2) is 24.3 Å². The first-order valence-electron chi connectivity index (χ1n) is 8.26. The largest absolute Gasteiger partial charge is 0.372 e. The van der Waals surface area contributed by atoms with Crippen LogP contribution in [-0.4, -0.2) is 25.7 Å². The van der Waals surface area contributed by atoms with Crippen molar-refractivity contribution in [3.05, 3.63) is 29.8 Å². The summed E-state index contributed by atoms with van der Waals surface area (Å²) in [5.41, 5.74) is 2.77. The number of nitrogens with one attached hydrogen (secondary N) is 1. The maximum Gasteiger partial charge on any atom is 0.0395 e. The zero-order chi connectivity index (χ0) is 14.8. The van der Waals surface area contributed by atoms with E-state index in [1.54, 1.807) is 0 Å². The van der Waals surface area contributed by atoms with Crippen LogP contribution in [0.3, 0.4) is 0 Å². The predicted octanol–water partition coefficient (Wildman–Crippen LogP) is 4.38. The third-order valence-corrected chi connectivity index (χ3v) is 3.99. The Bertz CT molecular complexity index is 362. The quantitative estimate of drug-likeness (QED) is 0.682. The summed E-state index contributed by atoms with van der Waals surface area (Å²) in [4.78, 5) is 2.50. The third kappa shape index (κ3) is 5.54. The van der Waals surface area contributed by atoms with Crippen molar-refractivity contribution < 1.29 is 0 Å². The van der Waals surface area contributed by atoms with Gasteiger partial charge in [0.15, 0.2) is 0 Å². The van der Waals surface area contributed by atoms with Crippen molar-refractivity contribution in [2.45, 2.75) is 59.4 Å². The lowest BCUT2D eigenvalue weighted by molar-refractivity contribution is 0.455. The van der Waals surface area contributed by atoms with Gasteiger partial charge in [-0.1, -0.05) is 32.0 Å². The minimum atomic E-state index is 0.686. The zero-order valence-electron chi connectivity index (χ0n) is 13.8. The molecule has 1 aromatic carbocycles. The lowest BCUT2D eigenvalue weighted by atomic mass is 10.1. The van der Waals surface area contributed by atoms with Gasteiger partial charge in [-0.2, -0.15) is 0 Å². The minimum absolute atomic E-state index is 0.686. The van der Waals surface area contributed by atoms with Gasteiger partial charge in [-0.25, -0.2) is 0 Å². The van der Waals surface area contributed by atoms with Gasteiger partial charge in [0, 0.05) is 24.8 Å². The molecule has 0 spiro atoms. The van der Waals surface area contributed by atoms with Crippen LogP contribution in [0.4, 0.5) is 5.69 Å². The van der Waals surface area contributed by atoms with Crippen molar-refractivity contribution in [2.24, 2.45) is 0 Å². The standard InChI is InChI=1S/C18H32N2/c1-5-14-19-17(6-2)12-10-15-20(7-3)18-13-9-8-11-16(18)4/h8-9,11,13,17,19H,5-7,10,12,14-15H2,1-4H3. The van der Waals surface area contributed by atoms with E-state index in [9.17, 15) is 0 Å². The summed E-state index contributed by atoms with van der Waals surface area (Å²) < 4.78 is 0. The van der Waals surface area contributed by atoms with Crippen molar-refractivity contribution in [2.75, 3.05) is 24.5 Å². The SMILES string of the molecule is CCCNC(CC)CCCN(CC)c1ccccc1C. The van der Waals surface area contributed by atoms with Crippen LogP contribution < -0.4 is 10.2 Å². The average Bonchev–Trinajstić information content (AvgIpc) is 2.48. The van der Waals surface area contributed by atoms with Crippen LogP contribution in [0, 0.1) is 6.92 Å². The van der Waals surface area contributed by atoms with E-state index in [-0.39, 0.29) is 0 Å². The molecule has 114 valence electrons. The summed E-state index contributed by atoms with van der Waals surface area (Å²) in [6.45, 7) is 12.4. The Hall–Kier alpha value is -1.02. The number of aryl methyl sites for hydroxylation is 1. The summed E-state index contributed by atoms with van der Waals surface area (Å²) in [7, 11) is 0. The second-order valence-corrected chi connectivity index (χ2v) is 5.57. The van der Waals surface area contributed by atoms with Crippen LogP contribution in [0.2, 0.25) is 0 Å². The summed E-state index contributed by atoms with van der Waals surface area (Å²) in [5.74, 6) is 0. The molecule has 1 aromatic rings. The van der Waals surface area contributed by atoms with Gasteiger partial charge < -0.3 is 10.2 Å². The second kappa shape index (κ2) is 9.82. The van der Waals surface area contributed by atoms with E-state index in [0.717, 1.165) is 19.6 Å². The molecule has 1 rings (SSSR count). The summed E-state index contributed by atoms with van der Waals surface area (Å²) in [6.07, 6.45) is 4.99. The number of hydrogen-bond acceptors (Lipinski definition) is 2. The van der Waals surface area contributed by atoms with Gasteiger partial charge in [0.25, 0.3) is 0 Å². The monoisotopic (exact) mass is 276 g/mol. The van der Waals surface area contributed by atoms with Crippen molar-refractivity contribution in [1.82, 2.24) is 5.32 Å². The van der Waals surface area contributed by atoms with E-state index in [0.29, 0.717) is 6.04 Å². The first kappa shape index (κ1) is 17.0. The number of hydrogen-bond donors (Lipinski definition) is 1. The predicted molar refractivity (Wildman–Crippen MR) is 90.7 cm³/mol. The molecule has 0 aliphatic carbocycles. The number of rotatable bonds is 10. The maximum atomic E-state index is 3.64. The van der Waals surface area contributed by atoms with Gasteiger partial charge in [-0.05, 0) is 57.7 Å². The molecule has 0 aliphatic rings. The van der Waals surface area contributed by atoms with E-state index in [1.807, 2.05) is 0 Å². The van der Waals surface area contributed by atoms with E-state index >= 15 is 0 Å². The van der Waals surface area contributed by atoms with Gasteiger partial charge >= 0.3 is 0 Å². The summed E-state index contributed by atoms with van der Waals surface area (Å²) >= 11 is 0. The average molecular weight is 276 g/mol. The molecule has 20 heavy (non-hydrogen) atoms. The number of benzene rings is 1. The van der Waals surface area contributed by atoms with Crippen LogP contribution in [0.5, 0.6) is 0 Å². The minimum Gasteiger partial charge on any atom is -0.372 e. The van der Waals surface area contributed by atoms with Gasteiger partial charge in [0.2, 0.25) is 0 Å². The fourth-order valence-electron chi connectivity index (χ4n) is 2.69. The van der Waals surface area contributed by atoms with Gasteiger partial charge in [-0.3, -0.25) is 0 Å². The fourth-order valence-corrected chi connectivity index (χ4v) is 2.69. The Morgan fingerprint density at radius 2 is 1.90 bits per heavy atom. The molecule has 0 bridgehead atoms. The topological polar surface area (TPSA) is 15.3 Å². The van der Waals surface area contributed by atoms with E-state index in [1.165, 1.54) is 36.9 Å². The van der Waals surface area contributed by atoms with Crippen LogP contribution in [-0.2, 0) is 0 Å². The first-order chi connectivity index (χ1) is 9.72. The van der Waals surface area contributed by atoms with Crippen molar-refractivity contribution in [1.29, 1.82) is 0 Å². The Morgan fingerprint density at radius 1 is 1.15 bits per heavy atom. The highest BCUT2D eigenvalue weighted by Gasteiger charge is 2.09. The number of nitrogens with zero attached hydrogens (tertiary/aromatic N) is 1. The van der Waals surface area contributed by atoms with Crippen molar-refractivity contribution in [3.63, 3.8) is 0 Å². The molecule has 1 unspecified atom stereocenters. The molecule has 0 heterocycles. The molecule has 0 radical (unpaired) electrons. The molecular weight excluding hydrogens is 244 g/mol. The number of para-hydroxylation sites is 1. The van der Waals surface area contributed by atoms with Crippen LogP contribution in [0.1, 0.15) is 52.0 Å². The molecule has 0 fully saturated rings. The van der Waals surface area contributed by atoms with Crippen LogP contribution >= 0.6 is 0 Å². The van der Waals surface area contributed by atoms with Crippen LogP contribution in [0.25, 0.3) is 0 Å². The van der Waals surface area contributed by atoms with Gasteiger partial charge in [0.1, 0.15) is 0 Å². The number of anilines is 1. The molecule has 1 N–H and O–H groups in total. The Balaban J connectivity index is 2.44. The molecule has 0 saturated heterocycles. The molecule has 2 nitrogen and oxygen atoms in total. The lowest BCUT2D eigenvalue weighted by Gasteiger charge is -2.26. The normalized spacial score (nSPS) is 12.4. The van der Waals surface area contributed by atoms with E-state index in [4.69, 9.17) is 0 Å². The lowest BCUT2D eigenvalue weighted by Crippen LogP contribution is -2.31. The maximum absolute atomic E-state index is 3.64. The highest BCUT2D eigenvalue weighted by Crippen LogP contribution is 2.19. The Morgan fingerprint density at radius 3 is 2.50 bits per heavy atom. The van der Waals surface area contributed by atoms with Crippen molar-refractivity contribution in [3.8, 4) is 0 Å². The third-order valence-electron chi connectivity index (χ3n) is 3.99. The fraction of sp³-hybridized carbons (Fsp3) is 0.667. The Labute approximate surface area is 125 Å². The molecule has 0 aromatic heterocycles. The van der Waals surface area contributed by atoms with E-state index < -0.39 is 0 Å². The highest BCUT2D eigenvalue weighted by atomic mass is 15.1. The molecule has 0 aliphatic heterocycles. The van der Waals surface area contributed by atoms with Gasteiger partial charge in [0.05, 0.1) is 0 Å². The molecule has 0 saturated carbocycles. The first-order valence-corrected chi connectivity index (χ1v) is 8.26. The van der Waals surface area contributed by atoms with E-state index in [2.05, 4.69) is 62.2 Å². The van der Waals surface area contributed by atoms with Gasteiger partial charge in [-0.15, -0.1) is 0 Å². The molecule has 1 atom stereocenters. The summed E-state index contributed by atoms with van der Waals surface area (Å²) in [5, 5.41) is 3.64. The Kier molecular flexibility index (Phi) is 8.36. The van der Waals surface area contributed by atoms with Crippen molar-refractivity contribution >= 4 is 5.69 Å². The zero-order valence-corrected chi connectivity index (χ0v) is 13.8. The summed E-state index contributed by atoms with van der Waals surface area (Å²) in [6, 6.07) is 9.39. The highest BCUT2D eigenvalue weighted by molar-refractivity contribution is 5.52.